The van der Waals surface area contributed by atoms with Gasteiger partial charge in [-0.1, -0.05) is 209 Å². The predicted molar refractivity (Wildman–Crippen MR) is 306 cm³/mol. The van der Waals surface area contributed by atoms with Crippen LogP contribution < -0.4 is 5.32 Å². The van der Waals surface area contributed by atoms with E-state index in [1.54, 1.807) is 6.08 Å². The van der Waals surface area contributed by atoms with Crippen molar-refractivity contribution in [1.82, 2.24) is 5.32 Å². The Morgan fingerprint density at radius 2 is 0.919 bits per heavy atom. The molecule has 0 saturated carbocycles. The minimum atomic E-state index is -1.58. The number of aliphatic hydroxyl groups excluding tert-OH is 5. The highest BCUT2D eigenvalue weighted by atomic mass is 16.7. The summed E-state index contributed by atoms with van der Waals surface area (Å²) in [4.78, 5) is 25.0. The molecule has 7 atom stereocenters. The van der Waals surface area contributed by atoms with Crippen molar-refractivity contribution >= 4 is 11.9 Å². The summed E-state index contributed by atoms with van der Waals surface area (Å²) in [5.41, 5.74) is 0. The van der Waals surface area contributed by atoms with Crippen molar-refractivity contribution in [2.24, 2.45) is 0 Å². The molecule has 430 valence electrons. The van der Waals surface area contributed by atoms with Crippen LogP contribution in [0.5, 0.6) is 0 Å². The maximum absolute atomic E-state index is 13.0. The van der Waals surface area contributed by atoms with Gasteiger partial charge in [-0.15, -0.1) is 0 Å². The van der Waals surface area contributed by atoms with Gasteiger partial charge in [-0.2, -0.15) is 0 Å². The van der Waals surface area contributed by atoms with Crippen LogP contribution in [-0.4, -0.2) is 100 Å². The van der Waals surface area contributed by atoms with E-state index in [4.69, 9.17) is 14.2 Å². The quantitative estimate of drug-likeness (QED) is 0.0195. The molecule has 11 heteroatoms. The summed E-state index contributed by atoms with van der Waals surface area (Å²) < 4.78 is 16.6. The smallest absolute Gasteiger partial charge is 0.305 e. The molecule has 1 aliphatic rings. The molecule has 74 heavy (non-hydrogen) atoms. The van der Waals surface area contributed by atoms with Crippen LogP contribution >= 0.6 is 0 Å². The second-order valence-corrected chi connectivity index (χ2v) is 21.0. The maximum Gasteiger partial charge on any atom is 0.305 e. The molecule has 1 aliphatic heterocycles. The Hall–Kier alpha value is -2.64. The number of hydrogen-bond donors (Lipinski definition) is 6. The SMILES string of the molecule is CCCCC/C=C/CC/C=C/C(O)C(COC1OC(CO)C(O)C(O)C1O)NC(=O)CCCCCCCCC/C=C\C/C=C\CCCCCCCCCCCOC(=O)CCCCCCC/C=C\CCCCCCC. The van der Waals surface area contributed by atoms with E-state index in [9.17, 15) is 35.1 Å². The van der Waals surface area contributed by atoms with Gasteiger partial charge in [0, 0.05) is 12.8 Å². The van der Waals surface area contributed by atoms with Crippen molar-refractivity contribution in [3.05, 3.63) is 60.8 Å². The number of hydrogen-bond acceptors (Lipinski definition) is 10. The zero-order chi connectivity index (χ0) is 53.8. The van der Waals surface area contributed by atoms with Gasteiger partial charge < -0.3 is 45.1 Å². The lowest BCUT2D eigenvalue weighted by atomic mass is 9.99. The summed E-state index contributed by atoms with van der Waals surface area (Å²) in [5.74, 6) is -0.221. The molecule has 1 fully saturated rings. The monoisotopic (exact) mass is 1040 g/mol. The Balaban J connectivity index is 2.03. The molecule has 0 aromatic heterocycles. The fraction of sp³-hybridized carbons (Fsp3) is 0.810. The van der Waals surface area contributed by atoms with E-state index in [0.29, 0.717) is 19.4 Å². The molecule has 0 radical (unpaired) electrons. The van der Waals surface area contributed by atoms with E-state index in [1.165, 1.54) is 148 Å². The first-order chi connectivity index (χ1) is 36.2. The minimum Gasteiger partial charge on any atom is -0.466 e. The lowest BCUT2D eigenvalue weighted by Crippen LogP contribution is -2.60. The largest absolute Gasteiger partial charge is 0.466 e. The van der Waals surface area contributed by atoms with Gasteiger partial charge in [0.1, 0.15) is 24.4 Å². The summed E-state index contributed by atoms with van der Waals surface area (Å²) in [6, 6.07) is -0.835. The van der Waals surface area contributed by atoms with E-state index in [-0.39, 0.29) is 18.5 Å². The van der Waals surface area contributed by atoms with Crippen molar-refractivity contribution in [3.8, 4) is 0 Å². The van der Waals surface area contributed by atoms with Gasteiger partial charge in [-0.3, -0.25) is 9.59 Å². The highest BCUT2D eigenvalue weighted by Gasteiger charge is 2.44. The maximum atomic E-state index is 13.0. The molecule has 1 heterocycles. The number of unbranched alkanes of at least 4 members (excludes halogenated alkanes) is 30. The van der Waals surface area contributed by atoms with E-state index >= 15 is 0 Å². The Morgan fingerprint density at radius 3 is 1.45 bits per heavy atom. The van der Waals surface area contributed by atoms with Crippen LogP contribution in [0.4, 0.5) is 0 Å². The van der Waals surface area contributed by atoms with Crippen molar-refractivity contribution in [1.29, 1.82) is 0 Å². The van der Waals surface area contributed by atoms with Crippen LogP contribution in [0.3, 0.4) is 0 Å². The van der Waals surface area contributed by atoms with Crippen molar-refractivity contribution in [2.75, 3.05) is 19.8 Å². The number of amides is 1. The number of allylic oxidation sites excluding steroid dienone is 9. The van der Waals surface area contributed by atoms with Crippen molar-refractivity contribution < 1.29 is 49.3 Å². The minimum absolute atomic E-state index is 0.0146. The number of esters is 1. The first kappa shape index (κ1) is 69.4. The molecule has 1 amide bonds. The molecular weight excluding hydrogens is 931 g/mol. The molecule has 0 spiro atoms. The Bertz CT molecular complexity index is 1410. The first-order valence-corrected chi connectivity index (χ1v) is 30.6. The highest BCUT2D eigenvalue weighted by Crippen LogP contribution is 2.23. The predicted octanol–water partition coefficient (Wildman–Crippen LogP) is 14.2. The second-order valence-electron chi connectivity index (χ2n) is 21.0. The Labute approximate surface area is 452 Å². The topological polar surface area (TPSA) is 175 Å². The molecule has 1 saturated heterocycles. The van der Waals surface area contributed by atoms with Crippen LogP contribution in [0.1, 0.15) is 264 Å². The summed E-state index contributed by atoms with van der Waals surface area (Å²) in [5, 5.41) is 54.1. The van der Waals surface area contributed by atoms with E-state index in [2.05, 4.69) is 67.8 Å². The van der Waals surface area contributed by atoms with E-state index < -0.39 is 49.5 Å². The van der Waals surface area contributed by atoms with Gasteiger partial charge in [0.2, 0.25) is 5.91 Å². The number of carbonyl (C=O) groups excluding carboxylic acids is 2. The number of aliphatic hydroxyl groups is 5. The number of nitrogens with one attached hydrogen (secondary N) is 1. The second kappa shape index (κ2) is 52.4. The van der Waals surface area contributed by atoms with Gasteiger partial charge >= 0.3 is 5.97 Å². The molecule has 0 aromatic rings. The average Bonchev–Trinajstić information content (AvgIpc) is 3.40. The van der Waals surface area contributed by atoms with Gasteiger partial charge in [0.25, 0.3) is 0 Å². The fourth-order valence-corrected chi connectivity index (χ4v) is 9.18. The molecule has 0 aromatic carbocycles. The zero-order valence-corrected chi connectivity index (χ0v) is 47.3. The molecule has 0 bridgehead atoms. The molecule has 1 rings (SSSR count). The average molecular weight is 1040 g/mol. The lowest BCUT2D eigenvalue weighted by molar-refractivity contribution is -0.302. The Morgan fingerprint density at radius 1 is 0.500 bits per heavy atom. The molecule has 7 unspecified atom stereocenters. The van der Waals surface area contributed by atoms with Crippen LogP contribution in [0, 0.1) is 0 Å². The third-order valence-electron chi connectivity index (χ3n) is 14.1. The first-order valence-electron chi connectivity index (χ1n) is 30.6. The number of carbonyl (C=O) groups is 2. The molecule has 6 N–H and O–H groups in total. The normalized spacial score (nSPS) is 19.3. The zero-order valence-electron chi connectivity index (χ0n) is 47.3. The van der Waals surface area contributed by atoms with Crippen molar-refractivity contribution in [2.45, 2.75) is 307 Å². The Kier molecular flexibility index (Phi) is 49.1. The fourth-order valence-electron chi connectivity index (χ4n) is 9.18. The van der Waals surface area contributed by atoms with Crippen molar-refractivity contribution in [3.63, 3.8) is 0 Å². The number of ether oxygens (including phenoxy) is 3. The summed E-state index contributed by atoms with van der Waals surface area (Å²) in [6.45, 7) is 4.24. The standard InChI is InChI=1S/C63H113NO10/c1-3-5-7-9-11-13-14-15-28-31-35-39-43-47-51-59(68)72-52-48-44-40-36-32-29-26-24-22-20-18-16-17-19-21-23-25-27-30-34-38-42-46-50-58(67)64-55(56(66)49-45-41-37-33-12-10-8-6-4-2)54-73-63-62(71)61(70)60(69)57(53-65)74-63/h12,14-16,18-19,21,33,45,49,55-57,60-63,65-66,69-71H,3-11,13,17,20,22-32,34-44,46-48,50-54H2,1-2H3,(H,64,67)/b15-14-,18-16-,21-19-,33-12+,49-45+. The van der Waals surface area contributed by atoms with Gasteiger partial charge in [0.05, 0.1) is 32.0 Å². The van der Waals surface area contributed by atoms with Crippen LogP contribution in [-0.2, 0) is 23.8 Å². The van der Waals surface area contributed by atoms with Gasteiger partial charge in [0.15, 0.2) is 6.29 Å². The molecule has 0 aliphatic carbocycles. The van der Waals surface area contributed by atoms with E-state index in [0.717, 1.165) is 89.9 Å². The van der Waals surface area contributed by atoms with Crippen LogP contribution in [0.25, 0.3) is 0 Å². The summed E-state index contributed by atoms with van der Waals surface area (Å²) in [7, 11) is 0. The van der Waals surface area contributed by atoms with Gasteiger partial charge in [-0.05, 0) is 103 Å². The van der Waals surface area contributed by atoms with E-state index in [1.807, 2.05) is 6.08 Å². The number of rotatable bonds is 52. The third kappa shape index (κ3) is 41.5. The van der Waals surface area contributed by atoms with Gasteiger partial charge in [-0.25, -0.2) is 0 Å². The third-order valence-corrected chi connectivity index (χ3v) is 14.1. The van der Waals surface area contributed by atoms with Crippen LogP contribution in [0.2, 0.25) is 0 Å². The lowest BCUT2D eigenvalue weighted by Gasteiger charge is -2.40. The molecular formula is C63H113NO10. The summed E-state index contributed by atoms with van der Waals surface area (Å²) >= 11 is 0. The highest BCUT2D eigenvalue weighted by molar-refractivity contribution is 5.76. The molecule has 11 nitrogen and oxygen atoms in total. The summed E-state index contributed by atoms with van der Waals surface area (Å²) in [6.07, 6.45) is 57.7. The van der Waals surface area contributed by atoms with Crippen LogP contribution in [0.15, 0.2) is 60.8 Å².